The van der Waals surface area contributed by atoms with E-state index >= 15 is 0 Å². The quantitative estimate of drug-likeness (QED) is 0.483. The summed E-state index contributed by atoms with van der Waals surface area (Å²) in [5.41, 5.74) is -0.0465. The summed E-state index contributed by atoms with van der Waals surface area (Å²) in [6.07, 6.45) is 0. The van der Waals surface area contributed by atoms with Gasteiger partial charge in [0.1, 0.15) is 11.6 Å². The topological polar surface area (TPSA) is 100 Å². The van der Waals surface area contributed by atoms with E-state index in [9.17, 15) is 10.1 Å². The molecule has 0 spiro atoms. The maximum Gasteiger partial charge on any atom is 0.276 e. The van der Waals surface area contributed by atoms with Crippen molar-refractivity contribution < 1.29 is 10.0 Å². The molecule has 0 amide bonds. The van der Waals surface area contributed by atoms with Gasteiger partial charge in [0.2, 0.25) is 0 Å². The van der Waals surface area contributed by atoms with Crippen molar-refractivity contribution >= 4 is 17.3 Å². The van der Waals surface area contributed by atoms with Crippen LogP contribution in [-0.2, 0) is 0 Å². The van der Waals surface area contributed by atoms with Crippen LogP contribution >= 0.6 is 0 Å². The molecule has 1 aromatic rings. The van der Waals surface area contributed by atoms with E-state index < -0.39 is 4.92 Å². The molecule has 3 N–H and O–H groups in total. The van der Waals surface area contributed by atoms with Crippen LogP contribution in [0.15, 0.2) is 12.1 Å². The first kappa shape index (κ1) is 11.2. The highest BCUT2D eigenvalue weighted by Crippen LogP contribution is 2.19. The number of aliphatic hydroxyl groups excluding tert-OH is 1. The Morgan fingerprint density at radius 1 is 1.53 bits per heavy atom. The third kappa shape index (κ3) is 3.06. The average Bonchev–Trinajstić information content (AvgIpc) is 2.25. The van der Waals surface area contributed by atoms with Crippen LogP contribution in [0.5, 0.6) is 0 Å². The normalized spacial score (nSPS) is 9.73. The van der Waals surface area contributed by atoms with Gasteiger partial charge in [-0.15, -0.1) is 0 Å². The monoisotopic (exact) mass is 212 g/mol. The SMILES string of the molecule is CNc1cc([N+](=O)[O-])cc(NCCO)n1. The molecule has 0 aromatic carbocycles. The minimum atomic E-state index is -0.493. The lowest BCUT2D eigenvalue weighted by Crippen LogP contribution is -2.08. The molecular formula is C8H12N4O3. The molecule has 7 nitrogen and oxygen atoms in total. The Labute approximate surface area is 86.3 Å². The number of rotatable bonds is 5. The van der Waals surface area contributed by atoms with Crippen molar-refractivity contribution in [2.24, 2.45) is 0 Å². The molecule has 7 heteroatoms. The van der Waals surface area contributed by atoms with Crippen molar-refractivity contribution in [3.05, 3.63) is 22.2 Å². The number of aromatic nitrogens is 1. The largest absolute Gasteiger partial charge is 0.395 e. The fraction of sp³-hybridized carbons (Fsp3) is 0.375. The molecule has 0 unspecified atom stereocenters. The van der Waals surface area contributed by atoms with Crippen LogP contribution < -0.4 is 10.6 Å². The maximum absolute atomic E-state index is 10.6. The van der Waals surface area contributed by atoms with E-state index in [1.165, 1.54) is 12.1 Å². The zero-order valence-corrected chi connectivity index (χ0v) is 8.23. The molecule has 0 saturated heterocycles. The average molecular weight is 212 g/mol. The molecule has 82 valence electrons. The van der Waals surface area contributed by atoms with Crippen molar-refractivity contribution in [2.45, 2.75) is 0 Å². The molecule has 0 bridgehead atoms. The van der Waals surface area contributed by atoms with Crippen LogP contribution in [0.2, 0.25) is 0 Å². The van der Waals surface area contributed by atoms with Crippen LogP contribution in [0.25, 0.3) is 0 Å². The lowest BCUT2D eigenvalue weighted by atomic mass is 10.3. The number of nitrogens with one attached hydrogen (secondary N) is 2. The second-order valence-corrected chi connectivity index (χ2v) is 2.75. The van der Waals surface area contributed by atoms with Gasteiger partial charge in [0, 0.05) is 13.6 Å². The number of hydrogen-bond donors (Lipinski definition) is 3. The Hall–Kier alpha value is -1.89. The Kier molecular flexibility index (Phi) is 3.81. The van der Waals surface area contributed by atoms with E-state index in [4.69, 9.17) is 5.11 Å². The van der Waals surface area contributed by atoms with Gasteiger partial charge < -0.3 is 15.7 Å². The van der Waals surface area contributed by atoms with Crippen molar-refractivity contribution in [2.75, 3.05) is 30.8 Å². The fourth-order valence-corrected chi connectivity index (χ4v) is 1.02. The van der Waals surface area contributed by atoms with Crippen LogP contribution in [0.4, 0.5) is 17.3 Å². The van der Waals surface area contributed by atoms with Gasteiger partial charge in [0.25, 0.3) is 5.69 Å². The Morgan fingerprint density at radius 3 is 2.73 bits per heavy atom. The first-order chi connectivity index (χ1) is 7.17. The molecule has 0 saturated carbocycles. The molecule has 0 fully saturated rings. The van der Waals surface area contributed by atoms with Crippen LogP contribution in [0, 0.1) is 10.1 Å². The van der Waals surface area contributed by atoms with E-state index in [1.54, 1.807) is 7.05 Å². The molecule has 0 aliphatic heterocycles. The summed E-state index contributed by atoms with van der Waals surface area (Å²) in [4.78, 5) is 14.1. The first-order valence-corrected chi connectivity index (χ1v) is 4.36. The number of nitro groups is 1. The van der Waals surface area contributed by atoms with E-state index in [1.807, 2.05) is 0 Å². The third-order valence-corrected chi connectivity index (χ3v) is 1.69. The molecule has 15 heavy (non-hydrogen) atoms. The summed E-state index contributed by atoms with van der Waals surface area (Å²) in [5.74, 6) is 0.771. The summed E-state index contributed by atoms with van der Waals surface area (Å²) in [6, 6.07) is 2.65. The number of aliphatic hydroxyl groups is 1. The predicted molar refractivity (Wildman–Crippen MR) is 56.0 cm³/mol. The van der Waals surface area contributed by atoms with Crippen molar-refractivity contribution in [3.63, 3.8) is 0 Å². The van der Waals surface area contributed by atoms with Gasteiger partial charge in [-0.3, -0.25) is 10.1 Å². The van der Waals surface area contributed by atoms with Crippen molar-refractivity contribution in [1.29, 1.82) is 0 Å². The first-order valence-electron chi connectivity index (χ1n) is 4.36. The highest BCUT2D eigenvalue weighted by molar-refractivity contribution is 5.54. The van der Waals surface area contributed by atoms with E-state index in [0.717, 1.165) is 0 Å². The van der Waals surface area contributed by atoms with Gasteiger partial charge in [0.05, 0.1) is 23.7 Å². The molecule has 0 aliphatic rings. The molecule has 1 aromatic heterocycles. The molecule has 1 rings (SSSR count). The van der Waals surface area contributed by atoms with Gasteiger partial charge in [-0.1, -0.05) is 0 Å². The molecule has 0 radical (unpaired) electrons. The van der Waals surface area contributed by atoms with Gasteiger partial charge in [0.15, 0.2) is 0 Å². The lowest BCUT2D eigenvalue weighted by Gasteiger charge is -2.05. The number of pyridine rings is 1. The summed E-state index contributed by atoms with van der Waals surface area (Å²) >= 11 is 0. The van der Waals surface area contributed by atoms with Crippen molar-refractivity contribution in [1.82, 2.24) is 4.98 Å². The number of nitrogens with zero attached hydrogens (tertiary/aromatic N) is 2. The zero-order chi connectivity index (χ0) is 11.3. The predicted octanol–water partition coefficient (Wildman–Crippen LogP) is 0.436. The summed E-state index contributed by atoms with van der Waals surface area (Å²) in [7, 11) is 1.63. The maximum atomic E-state index is 10.6. The highest BCUT2D eigenvalue weighted by Gasteiger charge is 2.09. The molecule has 0 atom stereocenters. The standard InChI is InChI=1S/C8H12N4O3/c1-9-7-4-6(12(14)15)5-8(11-7)10-2-3-13/h4-5,13H,2-3H2,1H3,(H2,9,10,11). The zero-order valence-electron chi connectivity index (χ0n) is 8.23. The number of anilines is 2. The Bertz CT molecular complexity index is 356. The van der Waals surface area contributed by atoms with Crippen LogP contribution in [0.3, 0.4) is 0 Å². The summed E-state index contributed by atoms with van der Waals surface area (Å²) < 4.78 is 0. The summed E-state index contributed by atoms with van der Waals surface area (Å²) in [5, 5.41) is 24.6. The lowest BCUT2D eigenvalue weighted by molar-refractivity contribution is -0.384. The van der Waals surface area contributed by atoms with Crippen LogP contribution in [0.1, 0.15) is 0 Å². The van der Waals surface area contributed by atoms with E-state index in [0.29, 0.717) is 18.2 Å². The smallest absolute Gasteiger partial charge is 0.276 e. The second kappa shape index (κ2) is 5.11. The third-order valence-electron chi connectivity index (χ3n) is 1.69. The van der Waals surface area contributed by atoms with Gasteiger partial charge in [-0.25, -0.2) is 4.98 Å². The second-order valence-electron chi connectivity index (χ2n) is 2.75. The molecular weight excluding hydrogens is 200 g/mol. The Morgan fingerprint density at radius 2 is 2.20 bits per heavy atom. The van der Waals surface area contributed by atoms with Crippen molar-refractivity contribution in [3.8, 4) is 0 Å². The number of hydrogen-bond acceptors (Lipinski definition) is 6. The molecule has 0 aliphatic carbocycles. The van der Waals surface area contributed by atoms with E-state index in [-0.39, 0.29) is 12.3 Å². The summed E-state index contributed by atoms with van der Waals surface area (Å²) in [6.45, 7) is 0.247. The minimum Gasteiger partial charge on any atom is -0.395 e. The van der Waals surface area contributed by atoms with Gasteiger partial charge in [-0.2, -0.15) is 0 Å². The van der Waals surface area contributed by atoms with Crippen LogP contribution in [-0.4, -0.2) is 35.2 Å². The van der Waals surface area contributed by atoms with Gasteiger partial charge in [-0.05, 0) is 0 Å². The van der Waals surface area contributed by atoms with E-state index in [2.05, 4.69) is 15.6 Å². The highest BCUT2D eigenvalue weighted by atomic mass is 16.6. The fourth-order valence-electron chi connectivity index (χ4n) is 1.02. The molecule has 1 heterocycles. The minimum absolute atomic E-state index is 0.0465. The Balaban J connectivity index is 2.95. The van der Waals surface area contributed by atoms with Gasteiger partial charge >= 0.3 is 0 Å².